The number of methoxy groups -OCH3 is 2. The number of esters is 1. The number of nitro groups is 1. The summed E-state index contributed by atoms with van der Waals surface area (Å²) in [6, 6.07) is 3.25. The molecule has 1 rings (SSSR count). The summed E-state index contributed by atoms with van der Waals surface area (Å²) in [6.45, 7) is 0. The standard InChI is InChI=1S/C11H14N2O5/c1-17-10-4-3-8(13(15)16)5-7(10)6-9(12)11(14)18-2/h3-5,9H,6,12H2,1-2H3/t9-/m0/s1. The van der Waals surface area contributed by atoms with Crippen molar-refractivity contribution in [2.45, 2.75) is 12.5 Å². The van der Waals surface area contributed by atoms with Gasteiger partial charge in [-0.25, -0.2) is 0 Å². The number of benzene rings is 1. The first-order valence-electron chi connectivity index (χ1n) is 5.14. The zero-order chi connectivity index (χ0) is 13.7. The van der Waals surface area contributed by atoms with Crippen LogP contribution in [0.2, 0.25) is 0 Å². The van der Waals surface area contributed by atoms with Gasteiger partial charge in [0.1, 0.15) is 11.8 Å². The fraction of sp³-hybridized carbons (Fsp3) is 0.364. The number of ether oxygens (including phenoxy) is 2. The summed E-state index contributed by atoms with van der Waals surface area (Å²) in [6.07, 6.45) is 0.109. The number of hydrogen-bond donors (Lipinski definition) is 1. The molecule has 0 aromatic heterocycles. The third kappa shape index (κ3) is 3.17. The van der Waals surface area contributed by atoms with Crippen molar-refractivity contribution in [1.82, 2.24) is 0 Å². The molecule has 0 saturated carbocycles. The second-order valence-electron chi connectivity index (χ2n) is 3.59. The van der Waals surface area contributed by atoms with Crippen molar-refractivity contribution >= 4 is 11.7 Å². The fourth-order valence-corrected chi connectivity index (χ4v) is 1.51. The number of rotatable bonds is 5. The molecular weight excluding hydrogens is 240 g/mol. The van der Waals surface area contributed by atoms with Crippen LogP contribution in [0, 0.1) is 10.1 Å². The number of hydrogen-bond acceptors (Lipinski definition) is 6. The average molecular weight is 254 g/mol. The molecule has 0 saturated heterocycles. The highest BCUT2D eigenvalue weighted by Crippen LogP contribution is 2.25. The van der Waals surface area contributed by atoms with E-state index in [0.29, 0.717) is 11.3 Å². The normalized spacial score (nSPS) is 11.7. The summed E-state index contributed by atoms with van der Waals surface area (Å²) in [5, 5.41) is 10.7. The Morgan fingerprint density at radius 2 is 2.17 bits per heavy atom. The van der Waals surface area contributed by atoms with Gasteiger partial charge in [-0.1, -0.05) is 0 Å². The average Bonchev–Trinajstić information content (AvgIpc) is 2.37. The lowest BCUT2D eigenvalue weighted by Gasteiger charge is -2.12. The van der Waals surface area contributed by atoms with Crippen LogP contribution >= 0.6 is 0 Å². The minimum absolute atomic E-state index is 0.0807. The van der Waals surface area contributed by atoms with Gasteiger partial charge in [0.25, 0.3) is 5.69 Å². The Bertz CT molecular complexity index is 461. The molecule has 0 spiro atoms. The molecule has 0 unspecified atom stereocenters. The Hall–Kier alpha value is -2.15. The maximum absolute atomic E-state index is 11.2. The molecule has 1 aromatic rings. The molecular formula is C11H14N2O5. The second-order valence-corrected chi connectivity index (χ2v) is 3.59. The van der Waals surface area contributed by atoms with E-state index in [1.165, 1.54) is 32.4 Å². The molecule has 18 heavy (non-hydrogen) atoms. The monoisotopic (exact) mass is 254 g/mol. The van der Waals surface area contributed by atoms with Crippen molar-refractivity contribution in [2.24, 2.45) is 5.73 Å². The fourth-order valence-electron chi connectivity index (χ4n) is 1.51. The van der Waals surface area contributed by atoms with Crippen molar-refractivity contribution in [3.05, 3.63) is 33.9 Å². The summed E-state index contributed by atoms with van der Waals surface area (Å²) < 4.78 is 9.56. The van der Waals surface area contributed by atoms with Crippen molar-refractivity contribution in [3.63, 3.8) is 0 Å². The third-order valence-electron chi connectivity index (χ3n) is 2.42. The van der Waals surface area contributed by atoms with Gasteiger partial charge in [-0.15, -0.1) is 0 Å². The van der Waals surface area contributed by atoms with Gasteiger partial charge in [0, 0.05) is 24.1 Å². The predicted octanol–water partition coefficient (Wildman–Crippen LogP) is 0.646. The van der Waals surface area contributed by atoms with Crippen LogP contribution in [-0.2, 0) is 16.0 Å². The number of nitro benzene ring substituents is 1. The van der Waals surface area contributed by atoms with E-state index in [1.807, 2.05) is 0 Å². The van der Waals surface area contributed by atoms with Crippen LogP contribution < -0.4 is 10.5 Å². The van der Waals surface area contributed by atoms with Crippen LogP contribution in [0.1, 0.15) is 5.56 Å². The smallest absolute Gasteiger partial charge is 0.322 e. The SMILES string of the molecule is COC(=O)[C@@H](N)Cc1cc([N+](=O)[O-])ccc1OC. The summed E-state index contributed by atoms with van der Waals surface area (Å²) in [4.78, 5) is 21.4. The molecule has 1 atom stereocenters. The highest BCUT2D eigenvalue weighted by atomic mass is 16.6. The van der Waals surface area contributed by atoms with Crippen LogP contribution in [0.3, 0.4) is 0 Å². The van der Waals surface area contributed by atoms with Crippen molar-refractivity contribution in [1.29, 1.82) is 0 Å². The maximum Gasteiger partial charge on any atom is 0.322 e. The first-order chi connectivity index (χ1) is 8.49. The number of carbonyl (C=O) groups is 1. The lowest BCUT2D eigenvalue weighted by molar-refractivity contribution is -0.384. The molecule has 0 aliphatic carbocycles. The highest BCUT2D eigenvalue weighted by molar-refractivity contribution is 5.76. The molecule has 2 N–H and O–H groups in total. The second kappa shape index (κ2) is 5.97. The third-order valence-corrected chi connectivity index (χ3v) is 2.42. The van der Waals surface area contributed by atoms with Gasteiger partial charge < -0.3 is 15.2 Å². The van der Waals surface area contributed by atoms with Crippen LogP contribution in [0.5, 0.6) is 5.75 Å². The number of nitrogens with two attached hydrogens (primary N) is 1. The zero-order valence-corrected chi connectivity index (χ0v) is 10.1. The van der Waals surface area contributed by atoms with E-state index in [1.54, 1.807) is 0 Å². The molecule has 0 bridgehead atoms. The Labute approximate surface area is 104 Å². The van der Waals surface area contributed by atoms with E-state index in [4.69, 9.17) is 10.5 Å². The molecule has 0 aliphatic heterocycles. The van der Waals surface area contributed by atoms with Gasteiger partial charge in [0.05, 0.1) is 19.1 Å². The summed E-state index contributed by atoms with van der Waals surface area (Å²) in [5.41, 5.74) is 6.02. The molecule has 0 aliphatic rings. The Morgan fingerprint density at radius 1 is 1.50 bits per heavy atom. The largest absolute Gasteiger partial charge is 0.496 e. The van der Waals surface area contributed by atoms with E-state index in [-0.39, 0.29) is 12.1 Å². The maximum atomic E-state index is 11.2. The molecule has 7 heteroatoms. The summed E-state index contributed by atoms with van der Waals surface area (Å²) >= 11 is 0. The van der Waals surface area contributed by atoms with Crippen molar-refractivity contribution in [2.75, 3.05) is 14.2 Å². The van der Waals surface area contributed by atoms with Gasteiger partial charge in [-0.05, 0) is 6.07 Å². The van der Waals surface area contributed by atoms with Crippen molar-refractivity contribution in [3.8, 4) is 5.75 Å². The van der Waals surface area contributed by atoms with E-state index in [0.717, 1.165) is 0 Å². The van der Waals surface area contributed by atoms with Crippen LogP contribution in [0.15, 0.2) is 18.2 Å². The van der Waals surface area contributed by atoms with Gasteiger partial charge in [0.2, 0.25) is 0 Å². The Balaban J connectivity index is 3.01. The van der Waals surface area contributed by atoms with Crippen LogP contribution in [0.25, 0.3) is 0 Å². The molecule has 0 amide bonds. The minimum atomic E-state index is -0.883. The van der Waals surface area contributed by atoms with E-state index < -0.39 is 16.9 Å². The topological polar surface area (TPSA) is 105 Å². The first kappa shape index (κ1) is 13.9. The van der Waals surface area contributed by atoms with Gasteiger partial charge in [0.15, 0.2) is 0 Å². The molecule has 7 nitrogen and oxygen atoms in total. The van der Waals surface area contributed by atoms with Crippen LogP contribution in [0.4, 0.5) is 5.69 Å². The molecule has 0 fully saturated rings. The number of nitrogens with zero attached hydrogens (tertiary/aromatic N) is 1. The lowest BCUT2D eigenvalue weighted by Crippen LogP contribution is -2.33. The summed E-state index contributed by atoms with van der Waals surface area (Å²) in [7, 11) is 2.67. The van der Waals surface area contributed by atoms with Gasteiger partial charge in [-0.3, -0.25) is 14.9 Å². The summed E-state index contributed by atoms with van der Waals surface area (Å²) in [5.74, 6) is -0.136. The molecule has 0 heterocycles. The Kier molecular flexibility index (Phi) is 4.61. The first-order valence-corrected chi connectivity index (χ1v) is 5.14. The Morgan fingerprint density at radius 3 is 2.67 bits per heavy atom. The van der Waals surface area contributed by atoms with Crippen LogP contribution in [-0.4, -0.2) is 31.2 Å². The molecule has 1 aromatic carbocycles. The lowest BCUT2D eigenvalue weighted by atomic mass is 10.0. The van der Waals surface area contributed by atoms with Gasteiger partial charge >= 0.3 is 5.97 Å². The molecule has 98 valence electrons. The van der Waals surface area contributed by atoms with Crippen molar-refractivity contribution < 1.29 is 19.2 Å². The van der Waals surface area contributed by atoms with E-state index >= 15 is 0 Å². The zero-order valence-electron chi connectivity index (χ0n) is 10.1. The predicted molar refractivity (Wildman–Crippen MR) is 63.3 cm³/mol. The number of non-ortho nitro benzene ring substituents is 1. The highest BCUT2D eigenvalue weighted by Gasteiger charge is 2.19. The van der Waals surface area contributed by atoms with E-state index in [2.05, 4.69) is 4.74 Å². The number of carbonyl (C=O) groups excluding carboxylic acids is 1. The quantitative estimate of drug-likeness (QED) is 0.470. The minimum Gasteiger partial charge on any atom is -0.496 e. The van der Waals surface area contributed by atoms with E-state index in [9.17, 15) is 14.9 Å². The molecule has 0 radical (unpaired) electrons. The van der Waals surface area contributed by atoms with Gasteiger partial charge in [-0.2, -0.15) is 0 Å².